The molecule has 1 aliphatic rings. The minimum Gasteiger partial charge on any atom is -0.492 e. The number of halogens is 2. The number of nitrogens with zero attached hydrogens (tertiary/aromatic N) is 5. The van der Waals surface area contributed by atoms with Gasteiger partial charge in [-0.15, -0.1) is 11.8 Å². The van der Waals surface area contributed by atoms with Crippen molar-refractivity contribution in [2.45, 2.75) is 18.1 Å². The highest BCUT2D eigenvalue weighted by molar-refractivity contribution is 7.99. The normalized spacial score (nSPS) is 12.9. The number of hydrogen-bond donors (Lipinski definition) is 2. The number of hydrogen-bond acceptors (Lipinski definition) is 8. The van der Waals surface area contributed by atoms with Gasteiger partial charge in [-0.05, 0) is 18.2 Å². The van der Waals surface area contributed by atoms with Gasteiger partial charge < -0.3 is 20.5 Å². The molecule has 0 bridgehead atoms. The van der Waals surface area contributed by atoms with Gasteiger partial charge in [-0.2, -0.15) is 19.0 Å². The number of aromatic nitrogens is 5. The number of thioether (sulfide) groups is 1. The zero-order valence-corrected chi connectivity index (χ0v) is 18.7. The molecule has 0 saturated carbocycles. The van der Waals surface area contributed by atoms with Crippen molar-refractivity contribution in [3.8, 4) is 22.8 Å². The summed E-state index contributed by atoms with van der Waals surface area (Å²) < 4.78 is 39.5. The molecule has 180 valence electrons. The molecule has 0 fully saturated rings. The lowest BCUT2D eigenvalue weighted by atomic mass is 10.1. The summed E-state index contributed by atoms with van der Waals surface area (Å²) in [6, 6.07) is 4.62. The molecule has 1 aliphatic heterocycles. The molecule has 0 saturated heterocycles. The summed E-state index contributed by atoms with van der Waals surface area (Å²) >= 11 is 1.44. The van der Waals surface area contributed by atoms with Gasteiger partial charge in [0.15, 0.2) is 5.65 Å². The highest BCUT2D eigenvalue weighted by Gasteiger charge is 2.25. The SMILES string of the molecule is NC(=O)Cn1cc(NC(=O)c2cnn3cccnc23)c(-c2cc3c(cc2OC(F)F)SCCO3)n1. The van der Waals surface area contributed by atoms with Crippen LogP contribution in [-0.4, -0.2) is 55.2 Å². The summed E-state index contributed by atoms with van der Waals surface area (Å²) in [5.41, 5.74) is 6.15. The van der Waals surface area contributed by atoms with E-state index in [0.29, 0.717) is 28.7 Å². The topological polar surface area (TPSA) is 139 Å². The zero-order chi connectivity index (χ0) is 24.5. The second-order valence-electron chi connectivity index (χ2n) is 7.33. The van der Waals surface area contributed by atoms with Crippen molar-refractivity contribution in [2.75, 3.05) is 17.7 Å². The number of alkyl halides is 2. The molecule has 1 aromatic carbocycles. The van der Waals surface area contributed by atoms with Gasteiger partial charge >= 0.3 is 6.61 Å². The van der Waals surface area contributed by atoms with Gasteiger partial charge in [0.2, 0.25) is 5.91 Å². The van der Waals surface area contributed by atoms with E-state index < -0.39 is 18.4 Å². The van der Waals surface area contributed by atoms with Crippen molar-refractivity contribution in [1.29, 1.82) is 0 Å². The number of amides is 2. The first-order chi connectivity index (χ1) is 16.9. The predicted octanol–water partition coefficient (Wildman–Crippen LogP) is 2.42. The maximum atomic E-state index is 13.2. The third-order valence-electron chi connectivity index (χ3n) is 4.97. The smallest absolute Gasteiger partial charge is 0.387 e. The van der Waals surface area contributed by atoms with Crippen LogP contribution in [0, 0.1) is 0 Å². The van der Waals surface area contributed by atoms with E-state index in [1.807, 2.05) is 0 Å². The second kappa shape index (κ2) is 9.21. The fraction of sp³-hybridized carbons (Fsp3) is 0.190. The first-order valence-electron chi connectivity index (χ1n) is 10.2. The van der Waals surface area contributed by atoms with Crippen LogP contribution in [-0.2, 0) is 11.3 Å². The third kappa shape index (κ3) is 4.59. The Kier molecular flexibility index (Phi) is 5.94. The molecule has 0 unspecified atom stereocenters. The average Bonchev–Trinajstić information content (AvgIpc) is 3.42. The summed E-state index contributed by atoms with van der Waals surface area (Å²) in [6.07, 6.45) is 5.87. The van der Waals surface area contributed by atoms with Crippen LogP contribution < -0.4 is 20.5 Å². The van der Waals surface area contributed by atoms with Crippen molar-refractivity contribution in [2.24, 2.45) is 5.73 Å². The van der Waals surface area contributed by atoms with Gasteiger partial charge in [-0.3, -0.25) is 14.3 Å². The second-order valence-corrected chi connectivity index (χ2v) is 8.46. The number of rotatable bonds is 7. The first kappa shape index (κ1) is 22.6. The van der Waals surface area contributed by atoms with Crippen LogP contribution >= 0.6 is 11.8 Å². The fourth-order valence-corrected chi connectivity index (χ4v) is 4.42. The lowest BCUT2D eigenvalue weighted by Crippen LogP contribution is -2.19. The largest absolute Gasteiger partial charge is 0.492 e. The number of nitrogens with one attached hydrogen (secondary N) is 1. The van der Waals surface area contributed by atoms with Crippen molar-refractivity contribution in [3.05, 3.63) is 48.5 Å². The van der Waals surface area contributed by atoms with Crippen LogP contribution in [0.1, 0.15) is 10.4 Å². The Morgan fingerprint density at radius 2 is 2.20 bits per heavy atom. The summed E-state index contributed by atoms with van der Waals surface area (Å²) in [6.45, 7) is -2.96. The van der Waals surface area contributed by atoms with Crippen molar-refractivity contribution < 1.29 is 27.8 Å². The van der Waals surface area contributed by atoms with Crippen LogP contribution in [0.2, 0.25) is 0 Å². The number of fused-ring (bicyclic) bond motifs is 2. The van der Waals surface area contributed by atoms with Gasteiger partial charge in [-0.25, -0.2) is 9.50 Å². The highest BCUT2D eigenvalue weighted by atomic mass is 32.2. The summed E-state index contributed by atoms with van der Waals surface area (Å²) in [5.74, 6) is -0.291. The first-order valence-corrected chi connectivity index (χ1v) is 11.2. The standard InChI is InChI=1S/C21H17F2N7O4S/c22-21(23)34-14-7-16-15(33-4-5-35-16)6-11(14)18-13(9-29(28-18)10-17(24)31)27-20(32)12-8-26-30-3-1-2-25-19(12)30/h1-3,6-9,21H,4-5,10H2,(H2,24,31)(H,27,32). The Morgan fingerprint density at radius 3 is 3.00 bits per heavy atom. The Bertz CT molecular complexity index is 1440. The molecule has 5 rings (SSSR count). The van der Waals surface area contributed by atoms with Crippen LogP contribution in [0.4, 0.5) is 14.5 Å². The van der Waals surface area contributed by atoms with E-state index in [9.17, 15) is 18.4 Å². The van der Waals surface area contributed by atoms with Gasteiger partial charge in [0.05, 0.1) is 29.0 Å². The molecule has 2 amide bonds. The fourth-order valence-electron chi connectivity index (χ4n) is 3.58. The van der Waals surface area contributed by atoms with Crippen LogP contribution in [0.15, 0.2) is 47.9 Å². The van der Waals surface area contributed by atoms with Crippen molar-refractivity contribution in [3.63, 3.8) is 0 Å². The van der Waals surface area contributed by atoms with Gasteiger partial charge in [0.1, 0.15) is 29.3 Å². The molecule has 3 aromatic heterocycles. The molecule has 4 aromatic rings. The van der Waals surface area contributed by atoms with Gasteiger partial charge in [-0.1, -0.05) is 0 Å². The maximum absolute atomic E-state index is 13.2. The zero-order valence-electron chi connectivity index (χ0n) is 17.9. The summed E-state index contributed by atoms with van der Waals surface area (Å²) in [4.78, 5) is 29.4. The lowest BCUT2D eigenvalue weighted by Gasteiger charge is -2.20. The molecule has 0 atom stereocenters. The van der Waals surface area contributed by atoms with Gasteiger partial charge in [0, 0.05) is 24.3 Å². The number of carbonyl (C=O) groups is 2. The molecular weight excluding hydrogens is 484 g/mol. The van der Waals surface area contributed by atoms with Crippen molar-refractivity contribution in [1.82, 2.24) is 24.4 Å². The van der Waals surface area contributed by atoms with E-state index in [2.05, 4.69) is 20.5 Å². The molecule has 3 N–H and O–H groups in total. The van der Waals surface area contributed by atoms with E-state index in [4.69, 9.17) is 15.2 Å². The molecule has 0 aliphatic carbocycles. The number of anilines is 1. The molecule has 4 heterocycles. The quantitative estimate of drug-likeness (QED) is 0.394. The Balaban J connectivity index is 1.59. The Morgan fingerprint density at radius 1 is 1.34 bits per heavy atom. The number of benzene rings is 1. The van der Waals surface area contributed by atoms with Gasteiger partial charge in [0.25, 0.3) is 5.91 Å². The van der Waals surface area contributed by atoms with E-state index in [-0.39, 0.29) is 34.8 Å². The lowest BCUT2D eigenvalue weighted by molar-refractivity contribution is -0.118. The van der Waals surface area contributed by atoms with Crippen LogP contribution in [0.3, 0.4) is 0 Å². The summed E-state index contributed by atoms with van der Waals surface area (Å²) in [5, 5.41) is 11.1. The number of carbonyl (C=O) groups excluding carboxylic acids is 2. The minimum absolute atomic E-state index is 0.0849. The van der Waals surface area contributed by atoms with Crippen LogP contribution in [0.5, 0.6) is 11.5 Å². The number of nitrogens with two attached hydrogens (primary N) is 1. The maximum Gasteiger partial charge on any atom is 0.387 e. The Hall–Kier alpha value is -4.20. The summed E-state index contributed by atoms with van der Waals surface area (Å²) in [7, 11) is 0. The monoisotopic (exact) mass is 501 g/mol. The van der Waals surface area contributed by atoms with E-state index in [0.717, 1.165) is 0 Å². The molecule has 11 nitrogen and oxygen atoms in total. The molecule has 0 radical (unpaired) electrons. The molecule has 0 spiro atoms. The van der Waals surface area contributed by atoms with Crippen LogP contribution in [0.25, 0.3) is 16.9 Å². The third-order valence-corrected chi connectivity index (χ3v) is 5.97. The highest BCUT2D eigenvalue weighted by Crippen LogP contribution is 2.44. The molecular formula is C21H17F2N7O4S. The average molecular weight is 501 g/mol. The minimum atomic E-state index is -3.10. The van der Waals surface area contributed by atoms with E-state index in [1.165, 1.54) is 51.7 Å². The molecule has 35 heavy (non-hydrogen) atoms. The molecule has 14 heteroatoms. The van der Waals surface area contributed by atoms with E-state index in [1.54, 1.807) is 12.3 Å². The Labute approximate surface area is 200 Å². The number of ether oxygens (including phenoxy) is 2. The predicted molar refractivity (Wildman–Crippen MR) is 121 cm³/mol. The number of primary amides is 1. The van der Waals surface area contributed by atoms with Crippen molar-refractivity contribution >= 4 is 34.9 Å². The van der Waals surface area contributed by atoms with E-state index >= 15 is 0 Å².